The van der Waals surface area contributed by atoms with Crippen LogP contribution < -0.4 is 0 Å². The first-order valence-corrected chi connectivity index (χ1v) is 37.5. The summed E-state index contributed by atoms with van der Waals surface area (Å²) >= 11 is 0. The predicted molar refractivity (Wildman–Crippen MR) is 340 cm³/mol. The van der Waals surface area contributed by atoms with E-state index in [1.807, 2.05) is 0 Å². The number of aliphatic hydroxyl groups excluding tert-OH is 1. The molecule has 0 spiro atoms. The summed E-state index contributed by atoms with van der Waals surface area (Å²) in [6.07, 6.45) is 42.4. The van der Waals surface area contributed by atoms with Crippen LogP contribution in [0.3, 0.4) is 0 Å². The summed E-state index contributed by atoms with van der Waals surface area (Å²) in [5, 5.41) is 10.5. The number of carbonyl (C=O) groups is 4. The first-order chi connectivity index (χ1) is 40.9. The summed E-state index contributed by atoms with van der Waals surface area (Å²) in [5.74, 6) is -0.551. The molecule has 0 aromatic heterocycles. The molecule has 0 fully saturated rings. The van der Waals surface area contributed by atoms with Crippen LogP contribution in [-0.2, 0) is 65.4 Å². The number of carbonyl (C=O) groups excluding carboxylic acids is 4. The van der Waals surface area contributed by atoms with E-state index in [2.05, 4.69) is 41.5 Å². The van der Waals surface area contributed by atoms with Crippen LogP contribution in [0.2, 0.25) is 0 Å². The number of hydrogen-bond acceptors (Lipinski definition) is 15. The van der Waals surface area contributed by atoms with Crippen molar-refractivity contribution in [2.75, 3.05) is 39.6 Å². The predicted octanol–water partition coefficient (Wildman–Crippen LogP) is 18.4. The number of aliphatic hydroxyl groups is 1. The van der Waals surface area contributed by atoms with Gasteiger partial charge in [0.25, 0.3) is 0 Å². The molecule has 0 saturated carbocycles. The molecule has 3 unspecified atom stereocenters. The first kappa shape index (κ1) is 83.1. The van der Waals surface area contributed by atoms with Crippen molar-refractivity contribution in [3.8, 4) is 0 Å². The summed E-state index contributed by atoms with van der Waals surface area (Å²) in [7, 11) is -9.87. The van der Waals surface area contributed by atoms with Gasteiger partial charge in [0.15, 0.2) is 12.2 Å². The van der Waals surface area contributed by atoms with E-state index < -0.39 is 97.5 Å². The van der Waals surface area contributed by atoms with Gasteiger partial charge in [0.2, 0.25) is 0 Å². The molecule has 0 heterocycles. The Balaban J connectivity index is 5.04. The fraction of sp³-hybridized carbons (Fsp3) is 0.939. The Bertz CT molecular complexity index is 1670. The van der Waals surface area contributed by atoms with Gasteiger partial charge in [0.05, 0.1) is 26.4 Å². The van der Waals surface area contributed by atoms with Crippen molar-refractivity contribution >= 4 is 39.5 Å². The van der Waals surface area contributed by atoms with Gasteiger partial charge >= 0.3 is 39.5 Å². The van der Waals surface area contributed by atoms with Crippen LogP contribution in [0, 0.1) is 11.8 Å². The Morgan fingerprint density at radius 1 is 0.341 bits per heavy atom. The first-order valence-electron chi connectivity index (χ1n) is 34.5. The molecule has 19 heteroatoms. The van der Waals surface area contributed by atoms with Crippen LogP contribution in [0.4, 0.5) is 0 Å². The molecule has 0 aliphatic rings. The zero-order chi connectivity index (χ0) is 62.9. The van der Waals surface area contributed by atoms with Crippen LogP contribution in [0.1, 0.15) is 330 Å². The highest BCUT2D eigenvalue weighted by atomic mass is 31.2. The van der Waals surface area contributed by atoms with Gasteiger partial charge < -0.3 is 33.8 Å². The molecule has 0 aromatic carbocycles. The van der Waals surface area contributed by atoms with E-state index in [1.165, 1.54) is 128 Å². The minimum absolute atomic E-state index is 0.103. The zero-order valence-electron chi connectivity index (χ0n) is 54.9. The second-order valence-corrected chi connectivity index (χ2v) is 27.5. The zero-order valence-corrected chi connectivity index (χ0v) is 56.7. The smallest absolute Gasteiger partial charge is 0.462 e. The molecule has 85 heavy (non-hydrogen) atoms. The van der Waals surface area contributed by atoms with Crippen molar-refractivity contribution in [2.45, 2.75) is 349 Å². The van der Waals surface area contributed by atoms with Crippen LogP contribution in [0.5, 0.6) is 0 Å². The van der Waals surface area contributed by atoms with Crippen molar-refractivity contribution in [3.63, 3.8) is 0 Å². The maximum absolute atomic E-state index is 13.0. The van der Waals surface area contributed by atoms with Crippen molar-refractivity contribution in [2.24, 2.45) is 11.8 Å². The molecule has 0 aliphatic heterocycles. The molecule has 0 aromatic rings. The van der Waals surface area contributed by atoms with Gasteiger partial charge in [-0.15, -0.1) is 0 Å². The molecular formula is C66H128O17P2. The molecule has 0 rings (SSSR count). The van der Waals surface area contributed by atoms with Crippen LogP contribution in [-0.4, -0.2) is 96.7 Å². The van der Waals surface area contributed by atoms with Crippen molar-refractivity contribution in [1.29, 1.82) is 0 Å². The van der Waals surface area contributed by atoms with E-state index in [0.717, 1.165) is 121 Å². The molecule has 0 aliphatic carbocycles. The molecule has 17 nitrogen and oxygen atoms in total. The van der Waals surface area contributed by atoms with Crippen LogP contribution in [0.25, 0.3) is 0 Å². The number of esters is 4. The fourth-order valence-electron chi connectivity index (χ4n) is 9.85. The third kappa shape index (κ3) is 59.5. The van der Waals surface area contributed by atoms with Gasteiger partial charge in [-0.1, -0.05) is 279 Å². The van der Waals surface area contributed by atoms with Gasteiger partial charge in [0.1, 0.15) is 19.3 Å². The minimum Gasteiger partial charge on any atom is -0.462 e. The largest absolute Gasteiger partial charge is 0.472 e. The van der Waals surface area contributed by atoms with E-state index >= 15 is 0 Å². The van der Waals surface area contributed by atoms with Gasteiger partial charge in [-0.2, -0.15) is 0 Å². The quantitative estimate of drug-likeness (QED) is 0.0222. The van der Waals surface area contributed by atoms with Crippen molar-refractivity contribution in [1.82, 2.24) is 0 Å². The summed E-state index contributed by atoms with van der Waals surface area (Å²) in [4.78, 5) is 71.8. The minimum atomic E-state index is -4.94. The van der Waals surface area contributed by atoms with Crippen molar-refractivity contribution in [3.05, 3.63) is 0 Å². The Labute approximate surface area is 517 Å². The Morgan fingerprint density at radius 2 is 0.600 bits per heavy atom. The lowest BCUT2D eigenvalue weighted by atomic mass is 9.99. The molecule has 0 radical (unpaired) electrons. The summed E-state index contributed by atoms with van der Waals surface area (Å²) in [5.41, 5.74) is 0. The summed E-state index contributed by atoms with van der Waals surface area (Å²) < 4.78 is 67.7. The topological polar surface area (TPSA) is 237 Å². The van der Waals surface area contributed by atoms with E-state index in [9.17, 15) is 43.2 Å². The second kappa shape index (κ2) is 58.4. The maximum Gasteiger partial charge on any atom is 0.472 e. The van der Waals surface area contributed by atoms with E-state index in [1.54, 1.807) is 0 Å². The molecule has 0 saturated heterocycles. The number of phosphoric ester groups is 2. The Morgan fingerprint density at radius 3 is 0.894 bits per heavy atom. The highest BCUT2D eigenvalue weighted by Crippen LogP contribution is 2.45. The van der Waals surface area contributed by atoms with Gasteiger partial charge in [-0.3, -0.25) is 37.3 Å². The number of rotatable bonds is 65. The lowest BCUT2D eigenvalue weighted by molar-refractivity contribution is -0.161. The molecule has 6 atom stereocenters. The number of unbranched alkanes of at least 4 members (excludes halogenated alkanes) is 34. The van der Waals surface area contributed by atoms with Crippen molar-refractivity contribution < 1.29 is 80.2 Å². The standard InChI is InChI=1S/C66H128O17P2/c1-7-10-12-14-29-38-44-50-65(70)82-61(54-76-63(68)48-42-34-13-11-8-2)56-80-84(72,73)78-52-60(67)53-79-85(74,75)81-57-62(55-77-64(69)49-43-37-32-28-27-30-35-40-46-58(4)5)83-66(71)51-45-39-33-26-24-22-20-18-16-15-17-19-21-23-25-31-36-41-47-59(6)9-3/h58-62,67H,7-57H2,1-6H3,(H,72,73)(H,74,75)/t59?,60-,61+,62+/m0/s1. The average Bonchev–Trinajstić information content (AvgIpc) is 3.55. The molecule has 3 N–H and O–H groups in total. The van der Waals surface area contributed by atoms with Gasteiger partial charge in [-0.25, -0.2) is 9.13 Å². The molecule has 0 bridgehead atoms. The lowest BCUT2D eigenvalue weighted by Crippen LogP contribution is -2.30. The summed E-state index contributed by atoms with van der Waals surface area (Å²) in [6.45, 7) is 9.41. The third-order valence-corrected chi connectivity index (χ3v) is 17.5. The lowest BCUT2D eigenvalue weighted by Gasteiger charge is -2.21. The summed E-state index contributed by atoms with van der Waals surface area (Å²) in [6, 6.07) is 0. The Hall–Kier alpha value is -1.94. The van der Waals surface area contributed by atoms with E-state index in [4.69, 9.17) is 37.0 Å². The molecule has 0 amide bonds. The molecule has 504 valence electrons. The number of ether oxygens (including phenoxy) is 4. The number of hydrogen-bond donors (Lipinski definition) is 3. The highest BCUT2D eigenvalue weighted by molar-refractivity contribution is 7.47. The van der Waals surface area contributed by atoms with Gasteiger partial charge in [-0.05, 0) is 37.5 Å². The average molecular weight is 1260 g/mol. The Kier molecular flexibility index (Phi) is 57.1. The van der Waals surface area contributed by atoms with E-state index in [-0.39, 0.29) is 25.7 Å². The monoisotopic (exact) mass is 1250 g/mol. The fourth-order valence-corrected chi connectivity index (χ4v) is 11.4. The van der Waals surface area contributed by atoms with Crippen LogP contribution >= 0.6 is 15.6 Å². The normalized spacial score (nSPS) is 14.6. The van der Waals surface area contributed by atoms with Gasteiger partial charge in [0, 0.05) is 25.7 Å². The number of phosphoric acid groups is 2. The third-order valence-electron chi connectivity index (χ3n) is 15.6. The van der Waals surface area contributed by atoms with E-state index in [0.29, 0.717) is 25.7 Å². The SMILES string of the molecule is CCCCCCCCCC(=O)O[C@H](COC(=O)CCCCCCC)COP(=O)(O)OC[C@H](O)COP(=O)(O)OC[C@@H](COC(=O)CCCCCCCCCCC(C)C)OC(=O)CCCCCCCCCCCCCCCCCCCCC(C)CC. The second-order valence-electron chi connectivity index (χ2n) is 24.6. The van der Waals surface area contributed by atoms with Crippen LogP contribution in [0.15, 0.2) is 0 Å². The highest BCUT2D eigenvalue weighted by Gasteiger charge is 2.30. The molecular weight excluding hydrogens is 1130 g/mol. The maximum atomic E-state index is 13.0.